The highest BCUT2D eigenvalue weighted by molar-refractivity contribution is 5.83. The molecule has 142 valence electrons. The highest BCUT2D eigenvalue weighted by atomic mass is 19.1. The van der Waals surface area contributed by atoms with Crippen LogP contribution in [0.3, 0.4) is 0 Å². The van der Waals surface area contributed by atoms with Crippen LogP contribution in [-0.4, -0.2) is 34.9 Å². The summed E-state index contributed by atoms with van der Waals surface area (Å²) < 4.78 is 13.2. The summed E-state index contributed by atoms with van der Waals surface area (Å²) in [6.07, 6.45) is 8.84. The van der Waals surface area contributed by atoms with Crippen LogP contribution in [0, 0.1) is 40.9 Å². The van der Waals surface area contributed by atoms with Crippen LogP contribution in [0.2, 0.25) is 0 Å². The molecular formula is C21H33FO3. The van der Waals surface area contributed by atoms with Crippen LogP contribution in [0.15, 0.2) is 0 Å². The van der Waals surface area contributed by atoms with Crippen LogP contribution in [0.1, 0.15) is 64.7 Å². The maximum absolute atomic E-state index is 13.2. The van der Waals surface area contributed by atoms with Gasteiger partial charge in [0.2, 0.25) is 0 Å². The minimum absolute atomic E-state index is 0.0443. The second kappa shape index (κ2) is 6.30. The van der Waals surface area contributed by atoms with Gasteiger partial charge in [0.15, 0.2) is 5.78 Å². The number of carbonyl (C=O) groups excluding carboxylic acids is 1. The molecule has 0 aromatic rings. The maximum Gasteiger partial charge on any atom is 0.161 e. The van der Waals surface area contributed by atoms with Gasteiger partial charge in [0, 0.05) is 5.92 Å². The van der Waals surface area contributed by atoms with Gasteiger partial charge in [-0.3, -0.25) is 4.79 Å². The molecule has 4 aliphatic rings. The molecule has 4 heteroatoms. The first-order valence-electron chi connectivity index (χ1n) is 10.3. The fourth-order valence-electron chi connectivity index (χ4n) is 7.72. The van der Waals surface area contributed by atoms with Gasteiger partial charge in [0.25, 0.3) is 0 Å². The average molecular weight is 352 g/mol. The number of hydrogen-bond acceptors (Lipinski definition) is 3. The smallest absolute Gasteiger partial charge is 0.161 e. The summed E-state index contributed by atoms with van der Waals surface area (Å²) >= 11 is 0. The minimum Gasteiger partial charge on any atom is -0.389 e. The van der Waals surface area contributed by atoms with Gasteiger partial charge in [0.1, 0.15) is 13.3 Å². The second-order valence-corrected chi connectivity index (χ2v) is 9.84. The zero-order chi connectivity index (χ0) is 17.8. The van der Waals surface area contributed by atoms with Gasteiger partial charge in [-0.1, -0.05) is 6.92 Å². The first kappa shape index (κ1) is 17.9. The van der Waals surface area contributed by atoms with E-state index in [2.05, 4.69) is 6.92 Å². The van der Waals surface area contributed by atoms with Crippen LogP contribution in [0.4, 0.5) is 4.39 Å². The van der Waals surface area contributed by atoms with Gasteiger partial charge in [-0.2, -0.15) is 0 Å². The van der Waals surface area contributed by atoms with Crippen molar-refractivity contribution >= 4 is 5.78 Å². The Kier molecular flexibility index (Phi) is 4.51. The Labute approximate surface area is 150 Å². The van der Waals surface area contributed by atoms with E-state index in [4.69, 9.17) is 0 Å². The Morgan fingerprint density at radius 2 is 1.80 bits per heavy atom. The molecule has 2 N–H and O–H groups in total. The van der Waals surface area contributed by atoms with Crippen molar-refractivity contribution in [2.75, 3.05) is 13.3 Å². The van der Waals surface area contributed by atoms with Crippen molar-refractivity contribution < 1.29 is 19.4 Å². The fraction of sp³-hybridized carbons (Fsp3) is 0.952. The number of carbonyl (C=O) groups is 1. The van der Waals surface area contributed by atoms with E-state index >= 15 is 0 Å². The average Bonchev–Trinajstić information content (AvgIpc) is 2.98. The highest BCUT2D eigenvalue weighted by Gasteiger charge is 2.58. The first-order chi connectivity index (χ1) is 11.9. The molecule has 3 nitrogen and oxygen atoms in total. The van der Waals surface area contributed by atoms with E-state index in [0.29, 0.717) is 42.4 Å². The summed E-state index contributed by atoms with van der Waals surface area (Å²) in [5, 5.41) is 19.7. The van der Waals surface area contributed by atoms with Crippen molar-refractivity contribution in [2.24, 2.45) is 40.9 Å². The Hall–Kier alpha value is -0.480. The van der Waals surface area contributed by atoms with Gasteiger partial charge in [0.05, 0.1) is 5.60 Å². The monoisotopic (exact) mass is 352 g/mol. The van der Waals surface area contributed by atoms with Crippen LogP contribution in [0.25, 0.3) is 0 Å². The van der Waals surface area contributed by atoms with Crippen molar-refractivity contribution in [3.8, 4) is 0 Å². The minimum atomic E-state index is -1.07. The van der Waals surface area contributed by atoms with E-state index in [1.54, 1.807) is 0 Å². The predicted molar refractivity (Wildman–Crippen MR) is 93.6 cm³/mol. The Morgan fingerprint density at radius 3 is 2.52 bits per heavy atom. The Morgan fingerprint density at radius 1 is 1.04 bits per heavy atom. The summed E-state index contributed by atoms with van der Waals surface area (Å²) in [6.45, 7) is 1.39. The van der Waals surface area contributed by atoms with E-state index in [9.17, 15) is 19.4 Å². The van der Waals surface area contributed by atoms with Gasteiger partial charge in [-0.25, -0.2) is 4.39 Å². The summed E-state index contributed by atoms with van der Waals surface area (Å²) in [4.78, 5) is 12.3. The van der Waals surface area contributed by atoms with Gasteiger partial charge >= 0.3 is 0 Å². The molecule has 0 amide bonds. The molecule has 4 rings (SSSR count). The van der Waals surface area contributed by atoms with Gasteiger partial charge in [-0.15, -0.1) is 0 Å². The zero-order valence-electron chi connectivity index (χ0n) is 15.4. The van der Waals surface area contributed by atoms with Crippen LogP contribution < -0.4 is 0 Å². The predicted octanol–water partition coefficient (Wildman–Crippen LogP) is 3.52. The molecule has 4 fully saturated rings. The molecular weight excluding hydrogens is 319 g/mol. The quantitative estimate of drug-likeness (QED) is 0.817. The SMILES string of the molecule is C[C@]12CC[C@H]3[C@@H](CC[C@H]4C[C@](O)(CF)CC[C@@H]43)[C@@H]1CC[C@@H]2C(=O)CO. The number of aliphatic hydroxyl groups excluding tert-OH is 1. The molecule has 0 heterocycles. The summed E-state index contributed by atoms with van der Waals surface area (Å²) in [5.74, 6) is 3.21. The molecule has 0 bridgehead atoms. The summed E-state index contributed by atoms with van der Waals surface area (Å²) in [7, 11) is 0. The van der Waals surface area contributed by atoms with E-state index in [1.165, 1.54) is 12.8 Å². The van der Waals surface area contributed by atoms with E-state index < -0.39 is 12.3 Å². The third-order valence-corrected chi connectivity index (χ3v) is 8.90. The van der Waals surface area contributed by atoms with Crippen molar-refractivity contribution in [3.05, 3.63) is 0 Å². The standard InChI is InChI=1S/C21H33FO3/c1-20-8-6-15-14-7-9-21(25,12-22)10-13(14)2-3-16(15)17(20)4-5-18(20)19(24)11-23/h13-18,23,25H,2-12H2,1H3/t13-,14-,15+,16+,17-,18+,20-,21-/m0/s1. The van der Waals surface area contributed by atoms with E-state index in [0.717, 1.165) is 32.1 Å². The Bertz CT molecular complexity index is 537. The largest absolute Gasteiger partial charge is 0.389 e. The number of aliphatic hydroxyl groups is 2. The lowest BCUT2D eigenvalue weighted by Gasteiger charge is -2.56. The number of Topliss-reactive ketones (excluding diaryl/α,β-unsaturated/α-hetero) is 1. The molecule has 4 aliphatic carbocycles. The Balaban J connectivity index is 1.52. The maximum atomic E-state index is 13.2. The van der Waals surface area contributed by atoms with Crippen LogP contribution in [0.5, 0.6) is 0 Å². The molecule has 0 aliphatic heterocycles. The third kappa shape index (κ3) is 2.70. The van der Waals surface area contributed by atoms with Gasteiger partial charge in [-0.05, 0) is 92.8 Å². The van der Waals surface area contributed by atoms with Crippen molar-refractivity contribution in [1.29, 1.82) is 0 Å². The van der Waals surface area contributed by atoms with Crippen molar-refractivity contribution in [2.45, 2.75) is 70.3 Å². The summed E-state index contributed by atoms with van der Waals surface area (Å²) in [6, 6.07) is 0. The molecule has 0 radical (unpaired) electrons. The number of rotatable bonds is 3. The molecule has 25 heavy (non-hydrogen) atoms. The fourth-order valence-corrected chi connectivity index (χ4v) is 7.72. The number of fused-ring (bicyclic) bond motifs is 5. The number of alkyl halides is 1. The zero-order valence-corrected chi connectivity index (χ0v) is 15.4. The van der Waals surface area contributed by atoms with Crippen molar-refractivity contribution in [1.82, 2.24) is 0 Å². The lowest BCUT2D eigenvalue weighted by Crippen LogP contribution is -2.52. The van der Waals surface area contributed by atoms with E-state index in [1.807, 2.05) is 0 Å². The second-order valence-electron chi connectivity index (χ2n) is 9.84. The molecule has 0 unspecified atom stereocenters. The van der Waals surface area contributed by atoms with Crippen LogP contribution in [-0.2, 0) is 4.79 Å². The summed E-state index contributed by atoms with van der Waals surface area (Å²) in [5.41, 5.74) is -0.995. The lowest BCUT2D eigenvalue weighted by molar-refractivity contribution is -0.135. The van der Waals surface area contributed by atoms with Crippen LogP contribution >= 0.6 is 0 Å². The normalized spacial score (nSPS) is 52.2. The molecule has 8 atom stereocenters. The molecule has 0 saturated heterocycles. The molecule has 0 aromatic heterocycles. The molecule has 4 saturated carbocycles. The first-order valence-corrected chi connectivity index (χ1v) is 10.3. The molecule has 0 spiro atoms. The molecule has 0 aromatic carbocycles. The number of ketones is 1. The van der Waals surface area contributed by atoms with Crippen molar-refractivity contribution in [3.63, 3.8) is 0 Å². The van der Waals surface area contributed by atoms with E-state index in [-0.39, 0.29) is 23.7 Å². The lowest BCUT2D eigenvalue weighted by atomic mass is 9.49. The van der Waals surface area contributed by atoms with Gasteiger partial charge < -0.3 is 10.2 Å². The number of hydrogen-bond donors (Lipinski definition) is 2. The highest BCUT2D eigenvalue weighted by Crippen LogP contribution is 2.64. The topological polar surface area (TPSA) is 57.5 Å². The third-order valence-electron chi connectivity index (χ3n) is 8.90. The number of halogens is 1.